The van der Waals surface area contributed by atoms with Crippen LogP contribution < -0.4 is 4.74 Å². The lowest BCUT2D eigenvalue weighted by molar-refractivity contribution is -0.0716. The van der Waals surface area contributed by atoms with Crippen molar-refractivity contribution in [2.24, 2.45) is 0 Å². The maximum atomic E-state index is 10.4. The molecule has 0 radical (unpaired) electrons. The number of hydrogen-bond acceptors (Lipinski definition) is 4. The van der Waals surface area contributed by atoms with Crippen molar-refractivity contribution in [3.8, 4) is 5.75 Å². The second-order valence-corrected chi connectivity index (χ2v) is 3.70. The second-order valence-electron chi connectivity index (χ2n) is 3.70. The van der Waals surface area contributed by atoms with E-state index in [0.717, 1.165) is 0 Å². The molecule has 4 heteroatoms. The van der Waals surface area contributed by atoms with Crippen molar-refractivity contribution < 1.29 is 14.6 Å². The summed E-state index contributed by atoms with van der Waals surface area (Å²) in [5, 5.41) is 10.4. The van der Waals surface area contributed by atoms with Crippen LogP contribution in [0.5, 0.6) is 5.75 Å². The number of aromatic nitrogens is 1. The van der Waals surface area contributed by atoms with Crippen molar-refractivity contribution in [2.45, 2.75) is 18.4 Å². The summed E-state index contributed by atoms with van der Waals surface area (Å²) in [5.74, 6) is 0.641. The Bertz CT molecular complexity index is 334. The summed E-state index contributed by atoms with van der Waals surface area (Å²) in [6, 6.07) is 3.61. The summed E-state index contributed by atoms with van der Waals surface area (Å²) in [6.07, 6.45) is 2.81. The van der Waals surface area contributed by atoms with Crippen LogP contribution in [-0.4, -0.2) is 30.4 Å². The van der Waals surface area contributed by atoms with Crippen LogP contribution in [-0.2, 0) is 10.3 Å². The molecule has 0 unspecified atom stereocenters. The molecule has 1 saturated heterocycles. The molecule has 1 aliphatic rings. The quantitative estimate of drug-likeness (QED) is 0.792. The molecule has 82 valence electrons. The van der Waals surface area contributed by atoms with Gasteiger partial charge in [-0.25, -0.2) is 0 Å². The molecule has 2 rings (SSSR count). The third-order valence-electron chi connectivity index (χ3n) is 2.75. The van der Waals surface area contributed by atoms with Crippen LogP contribution in [0.2, 0.25) is 0 Å². The SMILES string of the molecule is COc1cccnc1C1(O)CCOCC1. The highest BCUT2D eigenvalue weighted by molar-refractivity contribution is 5.31. The van der Waals surface area contributed by atoms with Crippen molar-refractivity contribution in [2.75, 3.05) is 20.3 Å². The van der Waals surface area contributed by atoms with E-state index in [-0.39, 0.29) is 0 Å². The van der Waals surface area contributed by atoms with Crippen LogP contribution in [0.15, 0.2) is 18.3 Å². The number of pyridine rings is 1. The van der Waals surface area contributed by atoms with Gasteiger partial charge in [-0.05, 0) is 12.1 Å². The molecule has 0 spiro atoms. The molecule has 0 aliphatic carbocycles. The van der Waals surface area contributed by atoms with Gasteiger partial charge in [0.05, 0.1) is 7.11 Å². The molecule has 1 aliphatic heterocycles. The monoisotopic (exact) mass is 209 g/mol. The average Bonchev–Trinajstić information content (AvgIpc) is 2.30. The Morgan fingerprint density at radius 1 is 1.47 bits per heavy atom. The molecular formula is C11H15NO3. The lowest BCUT2D eigenvalue weighted by atomic mass is 9.90. The molecule has 0 atom stereocenters. The predicted molar refractivity (Wildman–Crippen MR) is 54.7 cm³/mol. The van der Waals surface area contributed by atoms with Crippen molar-refractivity contribution in [3.63, 3.8) is 0 Å². The first-order valence-electron chi connectivity index (χ1n) is 5.06. The van der Waals surface area contributed by atoms with E-state index in [1.807, 2.05) is 6.07 Å². The van der Waals surface area contributed by atoms with Gasteiger partial charge in [-0.3, -0.25) is 4.98 Å². The van der Waals surface area contributed by atoms with Crippen LogP contribution >= 0.6 is 0 Å². The minimum atomic E-state index is -0.898. The van der Waals surface area contributed by atoms with Crippen LogP contribution in [0.3, 0.4) is 0 Å². The van der Waals surface area contributed by atoms with Crippen LogP contribution in [0.25, 0.3) is 0 Å². The van der Waals surface area contributed by atoms with E-state index in [0.29, 0.717) is 37.5 Å². The number of nitrogens with zero attached hydrogens (tertiary/aromatic N) is 1. The van der Waals surface area contributed by atoms with E-state index < -0.39 is 5.60 Å². The van der Waals surface area contributed by atoms with E-state index in [1.54, 1.807) is 19.4 Å². The van der Waals surface area contributed by atoms with Gasteiger partial charge in [0.2, 0.25) is 0 Å². The Morgan fingerprint density at radius 3 is 2.87 bits per heavy atom. The first-order valence-corrected chi connectivity index (χ1v) is 5.06. The Labute approximate surface area is 88.9 Å². The zero-order chi connectivity index (χ0) is 10.7. The summed E-state index contributed by atoms with van der Waals surface area (Å²) in [6.45, 7) is 1.13. The average molecular weight is 209 g/mol. The number of aliphatic hydroxyl groups is 1. The van der Waals surface area contributed by atoms with Gasteiger partial charge in [-0.2, -0.15) is 0 Å². The zero-order valence-electron chi connectivity index (χ0n) is 8.77. The number of rotatable bonds is 2. The van der Waals surface area contributed by atoms with E-state index in [2.05, 4.69) is 4.98 Å². The predicted octanol–water partition coefficient (Wildman–Crippen LogP) is 1.09. The molecule has 1 fully saturated rings. The molecule has 0 saturated carbocycles. The summed E-state index contributed by atoms with van der Waals surface area (Å²) in [4.78, 5) is 4.21. The molecule has 0 bridgehead atoms. The minimum Gasteiger partial charge on any atom is -0.495 e. The fourth-order valence-electron chi connectivity index (χ4n) is 1.85. The normalized spacial score (nSPS) is 19.9. The molecular weight excluding hydrogens is 194 g/mol. The summed E-state index contributed by atoms with van der Waals surface area (Å²) >= 11 is 0. The summed E-state index contributed by atoms with van der Waals surface area (Å²) in [5.41, 5.74) is -0.277. The maximum absolute atomic E-state index is 10.4. The molecule has 1 aromatic rings. The first-order chi connectivity index (χ1) is 7.26. The standard InChI is InChI=1S/C11H15NO3/c1-14-9-3-2-6-12-10(9)11(13)4-7-15-8-5-11/h2-3,6,13H,4-5,7-8H2,1H3. The van der Waals surface area contributed by atoms with E-state index >= 15 is 0 Å². The van der Waals surface area contributed by atoms with E-state index in [1.165, 1.54) is 0 Å². The van der Waals surface area contributed by atoms with Gasteiger partial charge in [0.15, 0.2) is 0 Å². The molecule has 4 nitrogen and oxygen atoms in total. The van der Waals surface area contributed by atoms with Crippen molar-refractivity contribution in [1.29, 1.82) is 0 Å². The van der Waals surface area contributed by atoms with Gasteiger partial charge >= 0.3 is 0 Å². The largest absolute Gasteiger partial charge is 0.495 e. The van der Waals surface area contributed by atoms with Crippen LogP contribution in [0.1, 0.15) is 18.5 Å². The van der Waals surface area contributed by atoms with Gasteiger partial charge in [0, 0.05) is 32.3 Å². The fourth-order valence-corrected chi connectivity index (χ4v) is 1.85. The van der Waals surface area contributed by atoms with Crippen molar-refractivity contribution in [1.82, 2.24) is 4.98 Å². The topological polar surface area (TPSA) is 51.6 Å². The number of hydrogen-bond donors (Lipinski definition) is 1. The van der Waals surface area contributed by atoms with Gasteiger partial charge < -0.3 is 14.6 Å². The van der Waals surface area contributed by atoms with Gasteiger partial charge in [0.1, 0.15) is 17.0 Å². The molecule has 2 heterocycles. The molecule has 0 aromatic carbocycles. The van der Waals surface area contributed by atoms with Crippen LogP contribution in [0, 0.1) is 0 Å². The zero-order valence-corrected chi connectivity index (χ0v) is 8.77. The summed E-state index contributed by atoms with van der Waals surface area (Å²) < 4.78 is 10.4. The van der Waals surface area contributed by atoms with Crippen molar-refractivity contribution >= 4 is 0 Å². The van der Waals surface area contributed by atoms with Gasteiger partial charge in [-0.1, -0.05) is 0 Å². The van der Waals surface area contributed by atoms with Crippen LogP contribution in [0.4, 0.5) is 0 Å². The van der Waals surface area contributed by atoms with E-state index in [4.69, 9.17) is 9.47 Å². The lowest BCUT2D eigenvalue weighted by Gasteiger charge is -2.32. The highest BCUT2D eigenvalue weighted by atomic mass is 16.5. The summed E-state index contributed by atoms with van der Waals surface area (Å²) in [7, 11) is 1.59. The molecule has 15 heavy (non-hydrogen) atoms. The molecule has 1 aromatic heterocycles. The van der Waals surface area contributed by atoms with E-state index in [9.17, 15) is 5.11 Å². The van der Waals surface area contributed by atoms with Gasteiger partial charge in [0.25, 0.3) is 0 Å². The van der Waals surface area contributed by atoms with Gasteiger partial charge in [-0.15, -0.1) is 0 Å². The Balaban J connectivity index is 2.34. The Kier molecular flexibility index (Phi) is 2.88. The maximum Gasteiger partial charge on any atom is 0.143 e. The molecule has 0 amide bonds. The fraction of sp³-hybridized carbons (Fsp3) is 0.545. The Hall–Kier alpha value is -1.13. The van der Waals surface area contributed by atoms with Crippen molar-refractivity contribution in [3.05, 3.63) is 24.0 Å². The lowest BCUT2D eigenvalue weighted by Crippen LogP contribution is -2.34. The highest BCUT2D eigenvalue weighted by Crippen LogP contribution is 2.35. The number of methoxy groups -OCH3 is 1. The number of ether oxygens (including phenoxy) is 2. The third-order valence-corrected chi connectivity index (χ3v) is 2.75. The minimum absolute atomic E-state index is 0.566. The highest BCUT2D eigenvalue weighted by Gasteiger charge is 2.35. The smallest absolute Gasteiger partial charge is 0.143 e. The third kappa shape index (κ3) is 1.96. The Morgan fingerprint density at radius 2 is 2.20 bits per heavy atom. The second kappa shape index (κ2) is 4.16. The molecule has 1 N–H and O–H groups in total. The first kappa shape index (κ1) is 10.4.